The summed E-state index contributed by atoms with van der Waals surface area (Å²) in [5.41, 5.74) is 4.00. The molecule has 16 heavy (non-hydrogen) atoms. The number of piperidine rings is 1. The van der Waals surface area contributed by atoms with Gasteiger partial charge in [0.1, 0.15) is 0 Å². The minimum Gasteiger partial charge on any atom is -0.383 e. The van der Waals surface area contributed by atoms with Crippen molar-refractivity contribution < 1.29 is 0 Å². The van der Waals surface area contributed by atoms with Crippen LogP contribution in [0.2, 0.25) is 0 Å². The van der Waals surface area contributed by atoms with E-state index in [4.69, 9.17) is 0 Å². The highest BCUT2D eigenvalue weighted by Gasteiger charge is 2.12. The van der Waals surface area contributed by atoms with Crippen LogP contribution in [0.5, 0.6) is 0 Å². The predicted octanol–water partition coefficient (Wildman–Crippen LogP) is 2.86. The quantitative estimate of drug-likeness (QED) is 0.815. The van der Waals surface area contributed by atoms with Gasteiger partial charge in [0.25, 0.3) is 0 Å². The van der Waals surface area contributed by atoms with Crippen molar-refractivity contribution >= 4 is 5.69 Å². The molecular weight excluding hydrogens is 196 g/mol. The lowest BCUT2D eigenvalue weighted by atomic mass is 10.0. The summed E-state index contributed by atoms with van der Waals surface area (Å²) in [6, 6.07) is 7.11. The number of hydrogen-bond donors (Lipinski definition) is 2. The van der Waals surface area contributed by atoms with Crippen LogP contribution in [0.4, 0.5) is 5.69 Å². The number of anilines is 1. The maximum Gasteiger partial charge on any atom is 0.0400 e. The molecule has 2 heteroatoms. The van der Waals surface area contributed by atoms with E-state index in [1.54, 1.807) is 0 Å². The van der Waals surface area contributed by atoms with Crippen molar-refractivity contribution in [2.24, 2.45) is 0 Å². The third-order valence-electron chi connectivity index (χ3n) is 3.42. The normalized spacial score (nSPS) is 20.8. The highest BCUT2D eigenvalue weighted by atomic mass is 15.0. The molecule has 0 amide bonds. The second-order valence-electron chi connectivity index (χ2n) is 4.79. The van der Waals surface area contributed by atoms with Crippen molar-refractivity contribution in [1.82, 2.24) is 5.32 Å². The van der Waals surface area contributed by atoms with Crippen molar-refractivity contribution in [2.75, 3.05) is 18.4 Å². The molecule has 0 aliphatic carbocycles. The fourth-order valence-corrected chi connectivity index (χ4v) is 2.42. The molecule has 2 nitrogen and oxygen atoms in total. The Balaban J connectivity index is 1.93. The molecule has 88 valence electrons. The molecule has 1 aliphatic rings. The molecule has 0 aromatic heterocycles. The SMILES string of the molecule is Cc1cccc(C)c1NC[C@@H]1CCCCN1. The minimum atomic E-state index is 0.646. The summed E-state index contributed by atoms with van der Waals surface area (Å²) in [7, 11) is 0. The van der Waals surface area contributed by atoms with Crippen molar-refractivity contribution in [2.45, 2.75) is 39.2 Å². The smallest absolute Gasteiger partial charge is 0.0400 e. The second kappa shape index (κ2) is 5.35. The van der Waals surface area contributed by atoms with E-state index >= 15 is 0 Å². The van der Waals surface area contributed by atoms with Crippen molar-refractivity contribution in [1.29, 1.82) is 0 Å². The van der Waals surface area contributed by atoms with E-state index in [9.17, 15) is 0 Å². The number of nitrogens with one attached hydrogen (secondary N) is 2. The molecule has 0 bridgehead atoms. The first-order chi connectivity index (χ1) is 7.77. The Morgan fingerprint density at radius 1 is 1.25 bits per heavy atom. The molecule has 2 rings (SSSR count). The van der Waals surface area contributed by atoms with Gasteiger partial charge in [-0.25, -0.2) is 0 Å². The van der Waals surface area contributed by atoms with Crippen molar-refractivity contribution in [3.63, 3.8) is 0 Å². The molecule has 1 heterocycles. The number of rotatable bonds is 3. The lowest BCUT2D eigenvalue weighted by Gasteiger charge is -2.25. The van der Waals surface area contributed by atoms with Crippen molar-refractivity contribution in [3.8, 4) is 0 Å². The van der Waals surface area contributed by atoms with Gasteiger partial charge in [-0.2, -0.15) is 0 Å². The molecular formula is C14H22N2. The Hall–Kier alpha value is -1.02. The fourth-order valence-electron chi connectivity index (χ4n) is 2.42. The lowest BCUT2D eigenvalue weighted by molar-refractivity contribution is 0.414. The summed E-state index contributed by atoms with van der Waals surface area (Å²) in [5.74, 6) is 0. The maximum atomic E-state index is 3.59. The van der Waals surface area contributed by atoms with E-state index in [0.29, 0.717) is 6.04 Å². The largest absolute Gasteiger partial charge is 0.383 e. The average Bonchev–Trinajstić information content (AvgIpc) is 2.30. The Morgan fingerprint density at radius 2 is 2.00 bits per heavy atom. The number of para-hydroxylation sites is 1. The van der Waals surface area contributed by atoms with Gasteiger partial charge in [-0.3, -0.25) is 0 Å². The standard InChI is InChI=1S/C14H22N2/c1-11-6-5-7-12(2)14(11)16-10-13-8-3-4-9-15-13/h5-7,13,15-16H,3-4,8-10H2,1-2H3/t13-/m0/s1. The highest BCUT2D eigenvalue weighted by molar-refractivity contribution is 5.56. The van der Waals surface area contributed by atoms with Gasteiger partial charge in [-0.05, 0) is 44.4 Å². The van der Waals surface area contributed by atoms with E-state index < -0.39 is 0 Å². The summed E-state index contributed by atoms with van der Waals surface area (Å²) in [5, 5.41) is 7.15. The van der Waals surface area contributed by atoms with Gasteiger partial charge in [-0.15, -0.1) is 0 Å². The van der Waals surface area contributed by atoms with Crippen LogP contribution < -0.4 is 10.6 Å². The van der Waals surface area contributed by atoms with Crippen LogP contribution in [-0.4, -0.2) is 19.1 Å². The second-order valence-corrected chi connectivity index (χ2v) is 4.79. The summed E-state index contributed by atoms with van der Waals surface area (Å²) in [6.07, 6.45) is 4.00. The number of hydrogen-bond acceptors (Lipinski definition) is 2. The molecule has 1 aromatic rings. The molecule has 2 N–H and O–H groups in total. The average molecular weight is 218 g/mol. The summed E-state index contributed by atoms with van der Waals surface area (Å²) >= 11 is 0. The zero-order chi connectivity index (χ0) is 11.4. The fraction of sp³-hybridized carbons (Fsp3) is 0.571. The van der Waals surface area contributed by atoms with Crippen LogP contribution in [0, 0.1) is 13.8 Å². The van der Waals surface area contributed by atoms with Crippen LogP contribution in [0.3, 0.4) is 0 Å². The van der Waals surface area contributed by atoms with E-state index in [1.165, 1.54) is 42.6 Å². The number of aryl methyl sites for hydroxylation is 2. The monoisotopic (exact) mass is 218 g/mol. The maximum absolute atomic E-state index is 3.59. The van der Waals surface area contributed by atoms with Gasteiger partial charge >= 0.3 is 0 Å². The van der Waals surface area contributed by atoms with Crippen LogP contribution in [0.25, 0.3) is 0 Å². The van der Waals surface area contributed by atoms with E-state index in [1.807, 2.05) is 0 Å². The Morgan fingerprint density at radius 3 is 2.62 bits per heavy atom. The highest BCUT2D eigenvalue weighted by Crippen LogP contribution is 2.19. The zero-order valence-corrected chi connectivity index (χ0v) is 10.3. The summed E-state index contributed by atoms with van der Waals surface area (Å²) < 4.78 is 0. The van der Waals surface area contributed by atoms with Gasteiger partial charge in [0.05, 0.1) is 0 Å². The molecule has 1 saturated heterocycles. The summed E-state index contributed by atoms with van der Waals surface area (Å²) in [6.45, 7) is 6.57. The van der Waals surface area contributed by atoms with Crippen LogP contribution in [0.15, 0.2) is 18.2 Å². The number of benzene rings is 1. The molecule has 1 aliphatic heterocycles. The van der Waals surface area contributed by atoms with E-state index in [-0.39, 0.29) is 0 Å². The van der Waals surface area contributed by atoms with E-state index in [2.05, 4.69) is 42.7 Å². The molecule has 0 unspecified atom stereocenters. The van der Waals surface area contributed by atoms with Crippen LogP contribution in [-0.2, 0) is 0 Å². The molecule has 0 spiro atoms. The minimum absolute atomic E-state index is 0.646. The third-order valence-corrected chi connectivity index (χ3v) is 3.42. The molecule has 1 atom stereocenters. The molecule has 0 radical (unpaired) electrons. The molecule has 1 fully saturated rings. The summed E-state index contributed by atoms with van der Waals surface area (Å²) in [4.78, 5) is 0. The Labute approximate surface area is 98.4 Å². The van der Waals surface area contributed by atoms with Gasteiger partial charge in [0.2, 0.25) is 0 Å². The Kier molecular flexibility index (Phi) is 3.83. The van der Waals surface area contributed by atoms with Gasteiger partial charge in [0, 0.05) is 18.3 Å². The Bertz CT molecular complexity index is 320. The van der Waals surface area contributed by atoms with Crippen LogP contribution in [0.1, 0.15) is 30.4 Å². The van der Waals surface area contributed by atoms with Gasteiger partial charge in [0.15, 0.2) is 0 Å². The first-order valence-corrected chi connectivity index (χ1v) is 6.31. The van der Waals surface area contributed by atoms with Crippen LogP contribution >= 0.6 is 0 Å². The molecule has 1 aromatic carbocycles. The first kappa shape index (κ1) is 11.5. The van der Waals surface area contributed by atoms with Gasteiger partial charge in [-0.1, -0.05) is 24.6 Å². The topological polar surface area (TPSA) is 24.1 Å². The lowest BCUT2D eigenvalue weighted by Crippen LogP contribution is -2.39. The third kappa shape index (κ3) is 2.76. The zero-order valence-electron chi connectivity index (χ0n) is 10.3. The van der Waals surface area contributed by atoms with Gasteiger partial charge < -0.3 is 10.6 Å². The predicted molar refractivity (Wildman–Crippen MR) is 70.0 cm³/mol. The van der Waals surface area contributed by atoms with E-state index in [0.717, 1.165) is 6.54 Å². The first-order valence-electron chi connectivity index (χ1n) is 6.31. The van der Waals surface area contributed by atoms with Crippen molar-refractivity contribution in [3.05, 3.63) is 29.3 Å². The molecule has 0 saturated carbocycles.